The Labute approximate surface area is 195 Å². The Bertz CT molecular complexity index is 1020. The number of hydrogen-bond donors (Lipinski definition) is 2. The maximum absolute atomic E-state index is 12.5. The minimum Gasteiger partial charge on any atom is -0.469 e. The lowest BCUT2D eigenvalue weighted by Crippen LogP contribution is -2.40. The summed E-state index contributed by atoms with van der Waals surface area (Å²) in [4.78, 5) is 19.2. The standard InChI is InChI=1S/C27H32N4O2/c1-31-25(32)19-23(26(31)22-11-6-3-7-12-22)20-30-27(29-17-15-24-13-8-18-33-24)28-16-14-21-9-4-2-5-10-21/h2-13,18,23,26H,14-17,19-20H2,1H3,(H2,28,29,30). The summed E-state index contributed by atoms with van der Waals surface area (Å²) in [5.74, 6) is 2.03. The number of carbonyl (C=O) groups is 1. The van der Waals surface area contributed by atoms with Crippen LogP contribution < -0.4 is 10.6 Å². The van der Waals surface area contributed by atoms with Gasteiger partial charge in [-0.25, -0.2) is 0 Å². The molecule has 2 unspecified atom stereocenters. The summed E-state index contributed by atoms with van der Waals surface area (Å²) < 4.78 is 5.44. The van der Waals surface area contributed by atoms with Crippen LogP contribution in [0.1, 0.15) is 29.3 Å². The van der Waals surface area contributed by atoms with Crippen molar-refractivity contribution in [2.75, 3.05) is 26.7 Å². The van der Waals surface area contributed by atoms with Gasteiger partial charge in [-0.05, 0) is 29.7 Å². The van der Waals surface area contributed by atoms with Crippen LogP contribution in [-0.4, -0.2) is 43.4 Å². The normalized spacial score (nSPS) is 18.5. The molecule has 0 spiro atoms. The van der Waals surface area contributed by atoms with Crippen molar-refractivity contribution in [2.45, 2.75) is 25.3 Å². The highest BCUT2D eigenvalue weighted by molar-refractivity contribution is 5.81. The lowest BCUT2D eigenvalue weighted by Gasteiger charge is -2.25. The molecule has 1 amide bonds. The van der Waals surface area contributed by atoms with E-state index in [4.69, 9.17) is 9.41 Å². The molecule has 1 aliphatic heterocycles. The van der Waals surface area contributed by atoms with E-state index in [2.05, 4.69) is 47.0 Å². The summed E-state index contributed by atoms with van der Waals surface area (Å²) in [5.41, 5.74) is 2.45. The second-order valence-electron chi connectivity index (χ2n) is 8.43. The molecule has 2 heterocycles. The van der Waals surface area contributed by atoms with E-state index in [0.717, 1.165) is 43.2 Å². The number of guanidine groups is 1. The average Bonchev–Trinajstić information content (AvgIpc) is 3.46. The van der Waals surface area contributed by atoms with Gasteiger partial charge in [0.1, 0.15) is 5.76 Å². The van der Waals surface area contributed by atoms with Crippen molar-refractivity contribution in [1.82, 2.24) is 15.5 Å². The summed E-state index contributed by atoms with van der Waals surface area (Å²) in [6.45, 7) is 2.08. The van der Waals surface area contributed by atoms with Crippen molar-refractivity contribution in [3.8, 4) is 0 Å². The van der Waals surface area contributed by atoms with E-state index in [0.29, 0.717) is 13.0 Å². The third-order valence-electron chi connectivity index (χ3n) is 6.11. The molecule has 4 rings (SSSR count). The third kappa shape index (κ3) is 6.25. The zero-order chi connectivity index (χ0) is 22.9. The molecule has 2 N–H and O–H groups in total. The molecule has 0 saturated carbocycles. The smallest absolute Gasteiger partial charge is 0.223 e. The van der Waals surface area contributed by atoms with Crippen LogP contribution in [-0.2, 0) is 17.6 Å². The van der Waals surface area contributed by atoms with Crippen molar-refractivity contribution in [3.05, 3.63) is 95.9 Å². The molecule has 3 aromatic rings. The third-order valence-corrected chi connectivity index (χ3v) is 6.11. The summed E-state index contributed by atoms with van der Waals surface area (Å²) in [6.07, 6.45) is 3.91. The zero-order valence-corrected chi connectivity index (χ0v) is 19.1. The number of furan rings is 1. The van der Waals surface area contributed by atoms with Crippen LogP contribution in [0.15, 0.2) is 88.5 Å². The molecule has 6 heteroatoms. The van der Waals surface area contributed by atoms with E-state index in [9.17, 15) is 4.79 Å². The number of aliphatic imine (C=N–C) groups is 1. The van der Waals surface area contributed by atoms with Crippen LogP contribution >= 0.6 is 0 Å². The molecule has 0 aliphatic carbocycles. The van der Waals surface area contributed by atoms with Gasteiger partial charge >= 0.3 is 0 Å². The fraction of sp³-hybridized carbons (Fsp3) is 0.333. The summed E-state index contributed by atoms with van der Waals surface area (Å²) in [7, 11) is 1.89. The van der Waals surface area contributed by atoms with Gasteiger partial charge in [-0.1, -0.05) is 60.7 Å². The first-order chi connectivity index (χ1) is 16.2. The van der Waals surface area contributed by atoms with Crippen molar-refractivity contribution >= 4 is 11.9 Å². The highest BCUT2D eigenvalue weighted by Crippen LogP contribution is 2.36. The number of benzene rings is 2. The van der Waals surface area contributed by atoms with Gasteiger partial charge in [-0.2, -0.15) is 0 Å². The van der Waals surface area contributed by atoms with Gasteiger partial charge < -0.3 is 20.0 Å². The Balaban J connectivity index is 1.41. The minimum absolute atomic E-state index is 0.0520. The number of carbonyl (C=O) groups excluding carboxylic acids is 1. The minimum atomic E-state index is 0.0520. The molecule has 2 atom stereocenters. The molecule has 1 fully saturated rings. The van der Waals surface area contributed by atoms with E-state index in [1.54, 1.807) is 6.26 Å². The maximum atomic E-state index is 12.5. The van der Waals surface area contributed by atoms with Crippen molar-refractivity contribution in [3.63, 3.8) is 0 Å². The Hall–Kier alpha value is -3.54. The van der Waals surface area contributed by atoms with Gasteiger partial charge in [0, 0.05) is 45.4 Å². The molecule has 1 aliphatic rings. The second-order valence-corrected chi connectivity index (χ2v) is 8.43. The van der Waals surface area contributed by atoms with Gasteiger partial charge in [0.15, 0.2) is 5.96 Å². The van der Waals surface area contributed by atoms with Gasteiger partial charge in [-0.3, -0.25) is 9.79 Å². The molecule has 6 nitrogen and oxygen atoms in total. The highest BCUT2D eigenvalue weighted by atomic mass is 16.3. The highest BCUT2D eigenvalue weighted by Gasteiger charge is 2.38. The molecule has 1 saturated heterocycles. The predicted molar refractivity (Wildman–Crippen MR) is 131 cm³/mol. The Kier molecular flexibility index (Phi) is 7.80. The molecular formula is C27H32N4O2. The van der Waals surface area contributed by atoms with Gasteiger partial charge in [-0.15, -0.1) is 0 Å². The molecule has 172 valence electrons. The topological polar surface area (TPSA) is 69.9 Å². The SMILES string of the molecule is CN1C(=O)CC(CN=C(NCCc2ccccc2)NCCc2ccco2)C1c1ccccc1. The average molecular weight is 445 g/mol. The second kappa shape index (κ2) is 11.4. The maximum Gasteiger partial charge on any atom is 0.223 e. The van der Waals surface area contributed by atoms with Gasteiger partial charge in [0.25, 0.3) is 0 Å². The summed E-state index contributed by atoms with van der Waals surface area (Å²) >= 11 is 0. The van der Waals surface area contributed by atoms with Crippen LogP contribution in [0, 0.1) is 5.92 Å². The van der Waals surface area contributed by atoms with Crippen molar-refractivity contribution in [2.24, 2.45) is 10.9 Å². The fourth-order valence-electron chi connectivity index (χ4n) is 4.37. The quantitative estimate of drug-likeness (QED) is 0.389. The molecule has 2 aromatic carbocycles. The first-order valence-electron chi connectivity index (χ1n) is 11.6. The number of nitrogens with one attached hydrogen (secondary N) is 2. The Morgan fingerprint density at radius 1 is 0.970 bits per heavy atom. The molecule has 0 radical (unpaired) electrons. The van der Waals surface area contributed by atoms with E-state index < -0.39 is 0 Å². The van der Waals surface area contributed by atoms with Crippen molar-refractivity contribution < 1.29 is 9.21 Å². The summed E-state index contributed by atoms with van der Waals surface area (Å²) in [6, 6.07) is 24.6. The van der Waals surface area contributed by atoms with E-state index in [-0.39, 0.29) is 17.9 Å². The van der Waals surface area contributed by atoms with Gasteiger partial charge in [0.2, 0.25) is 5.91 Å². The lowest BCUT2D eigenvalue weighted by atomic mass is 9.94. The zero-order valence-electron chi connectivity index (χ0n) is 19.1. The molecule has 33 heavy (non-hydrogen) atoms. The Morgan fingerprint density at radius 3 is 2.36 bits per heavy atom. The van der Waals surface area contributed by atoms with Crippen LogP contribution in [0.3, 0.4) is 0 Å². The molecule has 0 bridgehead atoms. The number of amides is 1. The van der Waals surface area contributed by atoms with Gasteiger partial charge in [0.05, 0.1) is 12.3 Å². The largest absolute Gasteiger partial charge is 0.469 e. The number of hydrogen-bond acceptors (Lipinski definition) is 3. The number of likely N-dealkylation sites (tertiary alicyclic amines) is 1. The van der Waals surface area contributed by atoms with Crippen LogP contribution in [0.25, 0.3) is 0 Å². The van der Waals surface area contributed by atoms with Crippen LogP contribution in [0.5, 0.6) is 0 Å². The monoisotopic (exact) mass is 444 g/mol. The molecule has 1 aromatic heterocycles. The first-order valence-corrected chi connectivity index (χ1v) is 11.6. The van der Waals surface area contributed by atoms with E-state index in [1.807, 2.05) is 48.3 Å². The lowest BCUT2D eigenvalue weighted by molar-refractivity contribution is -0.127. The fourth-order valence-corrected chi connectivity index (χ4v) is 4.37. The van der Waals surface area contributed by atoms with E-state index >= 15 is 0 Å². The van der Waals surface area contributed by atoms with E-state index in [1.165, 1.54) is 5.56 Å². The Morgan fingerprint density at radius 2 is 1.67 bits per heavy atom. The van der Waals surface area contributed by atoms with Crippen molar-refractivity contribution in [1.29, 1.82) is 0 Å². The summed E-state index contributed by atoms with van der Waals surface area (Å²) in [5, 5.41) is 6.88. The molecular weight excluding hydrogens is 412 g/mol. The first kappa shape index (κ1) is 22.6. The van der Waals surface area contributed by atoms with Crippen LogP contribution in [0.4, 0.5) is 0 Å². The predicted octanol–water partition coefficient (Wildman–Crippen LogP) is 3.82. The van der Waals surface area contributed by atoms with Crippen LogP contribution in [0.2, 0.25) is 0 Å². The number of nitrogens with zero attached hydrogens (tertiary/aromatic N) is 2. The number of rotatable bonds is 9.